The number of rotatable bonds is 8. The van der Waals surface area contributed by atoms with E-state index in [0.29, 0.717) is 11.6 Å². The van der Waals surface area contributed by atoms with E-state index in [0.717, 1.165) is 17.7 Å². The Morgan fingerprint density at radius 2 is 1.84 bits per heavy atom. The van der Waals surface area contributed by atoms with E-state index in [9.17, 15) is 18.0 Å². The molecule has 0 atom stereocenters. The van der Waals surface area contributed by atoms with Crippen molar-refractivity contribution in [3.05, 3.63) is 75.4 Å². The molecule has 1 aliphatic heterocycles. The van der Waals surface area contributed by atoms with Crippen LogP contribution in [0, 0.1) is 13.8 Å². The van der Waals surface area contributed by atoms with Crippen LogP contribution in [0.15, 0.2) is 42.5 Å². The fourth-order valence-electron chi connectivity index (χ4n) is 3.78. The van der Waals surface area contributed by atoms with Gasteiger partial charge < -0.3 is 20.1 Å². The molecule has 0 saturated carbocycles. The number of benzene rings is 2. The molecule has 202 valence electrons. The van der Waals surface area contributed by atoms with Gasteiger partial charge in [0.05, 0.1) is 37.1 Å². The molecule has 38 heavy (non-hydrogen) atoms. The van der Waals surface area contributed by atoms with Gasteiger partial charge in [-0.2, -0.15) is 22.0 Å². The third-order valence-electron chi connectivity index (χ3n) is 5.74. The Kier molecular flexibility index (Phi) is 7.75. The third kappa shape index (κ3) is 6.13. The van der Waals surface area contributed by atoms with E-state index in [1.165, 1.54) is 25.1 Å². The van der Waals surface area contributed by atoms with Crippen molar-refractivity contribution in [1.82, 2.24) is 15.5 Å². The van der Waals surface area contributed by atoms with Gasteiger partial charge in [-0.25, -0.2) is 0 Å². The topological polar surface area (TPSA) is 85.4 Å². The third-order valence-corrected chi connectivity index (χ3v) is 6.00. The number of aryl methyl sites for hydroxylation is 2. The minimum atomic E-state index is -4.65. The van der Waals surface area contributed by atoms with Crippen molar-refractivity contribution in [3.63, 3.8) is 0 Å². The van der Waals surface area contributed by atoms with Crippen LogP contribution in [0.3, 0.4) is 0 Å². The first-order valence-electron chi connectivity index (χ1n) is 11.3. The fourth-order valence-corrected chi connectivity index (χ4v) is 3.97. The lowest BCUT2D eigenvalue weighted by Gasteiger charge is -2.29. The first-order chi connectivity index (χ1) is 17.8. The number of ether oxygens (including phenoxy) is 2. The standard InChI is InChI=1S/C25H22ClF5N4O3/c1-13-6-7-18(14(2)8-13)24(27,28)12-32-22(36)19-20(33-16-10-37-11-16)21(26)34-35-23(19)38-17-5-3-4-15(9-17)25(29,30)31/h3-9,16H,10-12H2,1-2H3,(H,32,36)(H,33,35). The molecule has 0 radical (unpaired) electrons. The van der Waals surface area contributed by atoms with Gasteiger partial charge in [0.2, 0.25) is 0 Å². The summed E-state index contributed by atoms with van der Waals surface area (Å²) in [5, 5.41) is 12.3. The van der Waals surface area contributed by atoms with Crippen LogP contribution in [-0.2, 0) is 16.8 Å². The summed E-state index contributed by atoms with van der Waals surface area (Å²) in [5.74, 6) is -5.31. The molecule has 3 aromatic rings. The van der Waals surface area contributed by atoms with Gasteiger partial charge in [0.25, 0.3) is 17.7 Å². The molecule has 1 aromatic heterocycles. The molecule has 0 spiro atoms. The monoisotopic (exact) mass is 556 g/mol. The number of anilines is 1. The Bertz CT molecular complexity index is 1350. The van der Waals surface area contributed by atoms with Crippen molar-refractivity contribution in [2.24, 2.45) is 0 Å². The predicted molar refractivity (Wildman–Crippen MR) is 129 cm³/mol. The highest BCUT2D eigenvalue weighted by atomic mass is 35.5. The number of hydrogen-bond donors (Lipinski definition) is 2. The van der Waals surface area contributed by atoms with Gasteiger partial charge in [-0.3, -0.25) is 4.79 Å². The van der Waals surface area contributed by atoms with E-state index in [4.69, 9.17) is 21.1 Å². The largest absolute Gasteiger partial charge is 0.437 e. The zero-order valence-electron chi connectivity index (χ0n) is 20.1. The minimum absolute atomic E-state index is 0.0794. The van der Waals surface area contributed by atoms with Crippen molar-refractivity contribution in [2.45, 2.75) is 32.0 Å². The van der Waals surface area contributed by atoms with Gasteiger partial charge in [-0.05, 0) is 37.6 Å². The van der Waals surface area contributed by atoms with Gasteiger partial charge in [-0.15, -0.1) is 10.2 Å². The Hall–Kier alpha value is -3.51. The van der Waals surface area contributed by atoms with E-state index in [1.807, 2.05) is 0 Å². The molecular formula is C25H22ClF5N4O3. The summed E-state index contributed by atoms with van der Waals surface area (Å²) in [6.07, 6.45) is -4.65. The van der Waals surface area contributed by atoms with Crippen LogP contribution in [0.4, 0.5) is 27.6 Å². The van der Waals surface area contributed by atoms with Crippen molar-refractivity contribution < 1.29 is 36.2 Å². The molecule has 4 rings (SSSR count). The maximum atomic E-state index is 15.0. The maximum Gasteiger partial charge on any atom is 0.416 e. The average molecular weight is 557 g/mol. The summed E-state index contributed by atoms with van der Waals surface area (Å²) in [4.78, 5) is 13.3. The van der Waals surface area contributed by atoms with Crippen molar-refractivity contribution in [1.29, 1.82) is 0 Å². The number of nitrogens with one attached hydrogen (secondary N) is 2. The van der Waals surface area contributed by atoms with Gasteiger partial charge in [-0.1, -0.05) is 41.4 Å². The normalized spacial score (nSPS) is 14.1. The molecule has 1 aliphatic rings. The molecule has 1 amide bonds. The van der Waals surface area contributed by atoms with E-state index in [2.05, 4.69) is 20.8 Å². The maximum absolute atomic E-state index is 15.0. The van der Waals surface area contributed by atoms with Crippen molar-refractivity contribution >= 4 is 23.2 Å². The zero-order chi connectivity index (χ0) is 27.7. The number of amides is 1. The van der Waals surface area contributed by atoms with Crippen LogP contribution >= 0.6 is 11.6 Å². The summed E-state index contributed by atoms with van der Waals surface area (Å²) in [6.45, 7) is 2.77. The van der Waals surface area contributed by atoms with E-state index < -0.39 is 41.6 Å². The van der Waals surface area contributed by atoms with Crippen LogP contribution in [0.1, 0.15) is 32.6 Å². The Balaban J connectivity index is 1.66. The number of carbonyl (C=O) groups excluding carboxylic acids is 1. The van der Waals surface area contributed by atoms with Crippen LogP contribution in [0.5, 0.6) is 11.6 Å². The number of nitrogens with zero attached hydrogens (tertiary/aromatic N) is 2. The van der Waals surface area contributed by atoms with E-state index in [-0.39, 0.29) is 41.4 Å². The van der Waals surface area contributed by atoms with E-state index >= 15 is 8.78 Å². The number of aromatic nitrogens is 2. The van der Waals surface area contributed by atoms with Crippen LogP contribution < -0.4 is 15.4 Å². The molecule has 2 heterocycles. The Morgan fingerprint density at radius 3 is 2.47 bits per heavy atom. The minimum Gasteiger partial charge on any atom is -0.437 e. The SMILES string of the molecule is Cc1ccc(C(F)(F)CNC(=O)c2c(Oc3cccc(C(F)(F)F)c3)nnc(Cl)c2NC2COC2)c(C)c1. The molecule has 13 heteroatoms. The highest BCUT2D eigenvalue weighted by Gasteiger charge is 2.36. The summed E-state index contributed by atoms with van der Waals surface area (Å²) in [6, 6.07) is 8.02. The van der Waals surface area contributed by atoms with Gasteiger partial charge in [0, 0.05) is 5.56 Å². The quantitative estimate of drug-likeness (QED) is 0.337. The summed E-state index contributed by atoms with van der Waals surface area (Å²) in [5.41, 5.74) is -0.592. The van der Waals surface area contributed by atoms with Gasteiger partial charge in [0.1, 0.15) is 11.3 Å². The van der Waals surface area contributed by atoms with Crippen molar-refractivity contribution in [2.75, 3.05) is 25.1 Å². The first kappa shape index (κ1) is 27.5. The highest BCUT2D eigenvalue weighted by molar-refractivity contribution is 6.33. The molecule has 0 unspecified atom stereocenters. The summed E-state index contributed by atoms with van der Waals surface area (Å²) in [7, 11) is 0. The van der Waals surface area contributed by atoms with E-state index in [1.54, 1.807) is 13.0 Å². The smallest absolute Gasteiger partial charge is 0.416 e. The molecule has 2 aromatic carbocycles. The molecule has 7 nitrogen and oxygen atoms in total. The molecule has 1 saturated heterocycles. The zero-order valence-corrected chi connectivity index (χ0v) is 20.9. The van der Waals surface area contributed by atoms with Gasteiger partial charge >= 0.3 is 6.18 Å². The molecular weight excluding hydrogens is 535 g/mol. The first-order valence-corrected chi connectivity index (χ1v) is 11.7. The van der Waals surface area contributed by atoms with Crippen molar-refractivity contribution in [3.8, 4) is 11.6 Å². The summed E-state index contributed by atoms with van der Waals surface area (Å²) < 4.78 is 80.2. The molecule has 2 N–H and O–H groups in total. The van der Waals surface area contributed by atoms with Crippen LogP contribution in [0.25, 0.3) is 0 Å². The average Bonchev–Trinajstić information content (AvgIpc) is 2.81. The lowest BCUT2D eigenvalue weighted by molar-refractivity contribution is -0.137. The summed E-state index contributed by atoms with van der Waals surface area (Å²) >= 11 is 6.17. The fraction of sp³-hybridized carbons (Fsp3) is 0.320. The number of carbonyl (C=O) groups is 1. The number of halogens is 6. The molecule has 0 aliphatic carbocycles. The van der Waals surface area contributed by atoms with Crippen LogP contribution in [-0.4, -0.2) is 41.9 Å². The second-order valence-corrected chi connectivity index (χ2v) is 9.12. The number of alkyl halides is 5. The van der Waals surface area contributed by atoms with Gasteiger partial charge in [0.15, 0.2) is 5.15 Å². The second kappa shape index (κ2) is 10.7. The molecule has 1 fully saturated rings. The Labute approximate surface area is 219 Å². The Morgan fingerprint density at radius 1 is 1.11 bits per heavy atom. The molecule has 0 bridgehead atoms. The second-order valence-electron chi connectivity index (χ2n) is 8.76. The van der Waals surface area contributed by atoms with Crippen LogP contribution in [0.2, 0.25) is 5.15 Å². The number of hydrogen-bond acceptors (Lipinski definition) is 6. The highest BCUT2D eigenvalue weighted by Crippen LogP contribution is 2.37. The lowest BCUT2D eigenvalue weighted by atomic mass is 10.00. The predicted octanol–water partition coefficient (Wildman–Crippen LogP) is 5.89. The lowest BCUT2D eigenvalue weighted by Crippen LogP contribution is -2.41.